The van der Waals surface area contributed by atoms with Crippen LogP contribution in [-0.2, 0) is 9.59 Å². The van der Waals surface area contributed by atoms with E-state index in [9.17, 15) is 9.59 Å². The molecular weight excluding hydrogens is 420 g/mol. The van der Waals surface area contributed by atoms with Gasteiger partial charge in [-0.2, -0.15) is 0 Å². The van der Waals surface area contributed by atoms with E-state index in [0.29, 0.717) is 22.4 Å². The molecule has 2 amide bonds. The van der Waals surface area contributed by atoms with Crippen molar-refractivity contribution < 1.29 is 14.0 Å². The minimum atomic E-state index is -0.429. The monoisotopic (exact) mass is 432 g/mol. The third-order valence-electron chi connectivity index (χ3n) is 4.02. The maximum absolute atomic E-state index is 12.5. The van der Waals surface area contributed by atoms with Crippen LogP contribution in [0.3, 0.4) is 0 Å². The van der Waals surface area contributed by atoms with E-state index in [2.05, 4.69) is 31.4 Å². The Bertz CT molecular complexity index is 939. The standard InChI is InChI=1S/C17H13BrN4O3S/c18-11-3-5-12(6-4-11)22-9-10(8-14(22)23)15(24)19-17-21-20-16(26-17)13-2-1-7-25-13/h1-7,10H,8-9H2,(H,19,21,24). The SMILES string of the molecule is O=C(Nc1nnc(-c2ccco2)s1)C1CC(=O)N(c2ccc(Br)cc2)C1. The Labute approximate surface area is 161 Å². The van der Waals surface area contributed by atoms with Crippen molar-refractivity contribution in [3.05, 3.63) is 47.1 Å². The van der Waals surface area contributed by atoms with Crippen LogP contribution in [0.15, 0.2) is 51.6 Å². The summed E-state index contributed by atoms with van der Waals surface area (Å²) < 4.78 is 6.20. The Morgan fingerprint density at radius 1 is 1.27 bits per heavy atom. The minimum absolute atomic E-state index is 0.0685. The van der Waals surface area contributed by atoms with Gasteiger partial charge in [-0.3, -0.25) is 9.59 Å². The van der Waals surface area contributed by atoms with Crippen molar-refractivity contribution in [2.45, 2.75) is 6.42 Å². The fourth-order valence-corrected chi connectivity index (χ4v) is 3.71. The largest absolute Gasteiger partial charge is 0.462 e. The first-order valence-electron chi connectivity index (χ1n) is 7.84. The molecule has 2 aromatic heterocycles. The van der Waals surface area contributed by atoms with Crippen molar-refractivity contribution in [3.8, 4) is 10.8 Å². The molecule has 9 heteroatoms. The molecule has 1 aliphatic heterocycles. The molecule has 1 N–H and O–H groups in total. The van der Waals surface area contributed by atoms with E-state index < -0.39 is 5.92 Å². The van der Waals surface area contributed by atoms with Gasteiger partial charge in [-0.05, 0) is 36.4 Å². The van der Waals surface area contributed by atoms with Gasteiger partial charge in [-0.15, -0.1) is 10.2 Å². The summed E-state index contributed by atoms with van der Waals surface area (Å²) in [6.07, 6.45) is 1.72. The maximum Gasteiger partial charge on any atom is 0.231 e. The molecule has 132 valence electrons. The lowest BCUT2D eigenvalue weighted by atomic mass is 10.1. The number of rotatable bonds is 4. The number of aromatic nitrogens is 2. The summed E-state index contributed by atoms with van der Waals surface area (Å²) >= 11 is 4.60. The van der Waals surface area contributed by atoms with Gasteiger partial charge >= 0.3 is 0 Å². The van der Waals surface area contributed by atoms with E-state index in [1.165, 1.54) is 11.3 Å². The van der Waals surface area contributed by atoms with Gasteiger partial charge in [0.1, 0.15) is 0 Å². The number of benzene rings is 1. The highest BCUT2D eigenvalue weighted by atomic mass is 79.9. The zero-order valence-corrected chi connectivity index (χ0v) is 15.8. The number of hydrogen-bond donors (Lipinski definition) is 1. The fourth-order valence-electron chi connectivity index (χ4n) is 2.73. The van der Waals surface area contributed by atoms with Crippen molar-refractivity contribution in [1.82, 2.24) is 10.2 Å². The topological polar surface area (TPSA) is 88.3 Å². The molecule has 1 aromatic carbocycles. The lowest BCUT2D eigenvalue weighted by molar-refractivity contribution is -0.122. The Balaban J connectivity index is 1.43. The van der Waals surface area contributed by atoms with Gasteiger partial charge in [0.2, 0.25) is 16.9 Å². The summed E-state index contributed by atoms with van der Waals surface area (Å²) in [4.78, 5) is 26.4. The summed E-state index contributed by atoms with van der Waals surface area (Å²) in [5.41, 5.74) is 0.782. The van der Waals surface area contributed by atoms with Crippen LogP contribution in [0.25, 0.3) is 10.8 Å². The highest BCUT2D eigenvalue weighted by molar-refractivity contribution is 9.10. The molecule has 4 rings (SSSR count). The van der Waals surface area contributed by atoms with E-state index >= 15 is 0 Å². The molecule has 26 heavy (non-hydrogen) atoms. The Hall–Kier alpha value is -2.52. The van der Waals surface area contributed by atoms with Gasteiger partial charge in [0, 0.05) is 23.1 Å². The first-order valence-corrected chi connectivity index (χ1v) is 9.45. The van der Waals surface area contributed by atoms with Crippen LogP contribution in [0.4, 0.5) is 10.8 Å². The molecule has 0 aliphatic carbocycles. The smallest absolute Gasteiger partial charge is 0.231 e. The molecular formula is C17H13BrN4O3S. The van der Waals surface area contributed by atoms with Crippen molar-refractivity contribution in [2.24, 2.45) is 5.92 Å². The summed E-state index contributed by atoms with van der Waals surface area (Å²) in [6, 6.07) is 11.0. The van der Waals surface area contributed by atoms with E-state index in [-0.39, 0.29) is 18.2 Å². The molecule has 0 radical (unpaired) electrons. The van der Waals surface area contributed by atoms with E-state index in [0.717, 1.165) is 10.2 Å². The predicted octanol–water partition coefficient (Wildman–Crippen LogP) is 3.55. The second kappa shape index (κ2) is 7.00. The number of nitrogens with one attached hydrogen (secondary N) is 1. The number of furan rings is 1. The number of hydrogen-bond acceptors (Lipinski definition) is 6. The van der Waals surface area contributed by atoms with Crippen LogP contribution in [0.1, 0.15) is 6.42 Å². The van der Waals surface area contributed by atoms with E-state index in [1.54, 1.807) is 23.3 Å². The summed E-state index contributed by atoms with van der Waals surface area (Å²) in [5, 5.41) is 11.7. The molecule has 0 bridgehead atoms. The quantitative estimate of drug-likeness (QED) is 0.680. The molecule has 1 fully saturated rings. The zero-order valence-electron chi connectivity index (χ0n) is 13.4. The van der Waals surface area contributed by atoms with E-state index in [4.69, 9.17) is 4.42 Å². The molecule has 3 aromatic rings. The van der Waals surface area contributed by atoms with Gasteiger partial charge in [-0.1, -0.05) is 27.3 Å². The van der Waals surface area contributed by atoms with Crippen molar-refractivity contribution in [1.29, 1.82) is 0 Å². The van der Waals surface area contributed by atoms with Crippen molar-refractivity contribution in [3.63, 3.8) is 0 Å². The third kappa shape index (κ3) is 3.40. The number of anilines is 2. The Kier molecular flexibility index (Phi) is 4.56. The molecule has 7 nitrogen and oxygen atoms in total. The molecule has 0 spiro atoms. The second-order valence-electron chi connectivity index (χ2n) is 5.76. The van der Waals surface area contributed by atoms with Gasteiger partial charge < -0.3 is 14.6 Å². The lowest BCUT2D eigenvalue weighted by Gasteiger charge is -2.16. The van der Waals surface area contributed by atoms with Gasteiger partial charge in [0.05, 0.1) is 12.2 Å². The van der Waals surface area contributed by atoms with Crippen LogP contribution < -0.4 is 10.2 Å². The third-order valence-corrected chi connectivity index (χ3v) is 5.40. The highest BCUT2D eigenvalue weighted by Crippen LogP contribution is 2.29. The number of halogens is 1. The van der Waals surface area contributed by atoms with Crippen LogP contribution in [-0.4, -0.2) is 28.6 Å². The van der Waals surface area contributed by atoms with Crippen LogP contribution in [0.2, 0.25) is 0 Å². The molecule has 1 aliphatic rings. The first kappa shape index (κ1) is 16.9. The first-order chi connectivity index (χ1) is 12.6. The average Bonchev–Trinajstić information content (AvgIpc) is 3.36. The summed E-state index contributed by atoms with van der Waals surface area (Å²) in [7, 11) is 0. The predicted molar refractivity (Wildman–Crippen MR) is 101 cm³/mol. The lowest BCUT2D eigenvalue weighted by Crippen LogP contribution is -2.28. The Morgan fingerprint density at radius 2 is 2.08 bits per heavy atom. The molecule has 0 saturated carbocycles. The number of carbonyl (C=O) groups is 2. The summed E-state index contributed by atoms with van der Waals surface area (Å²) in [5.74, 6) is -0.135. The van der Waals surface area contributed by atoms with Crippen molar-refractivity contribution >= 4 is 49.9 Å². The molecule has 1 saturated heterocycles. The number of carbonyl (C=O) groups excluding carboxylic acids is 2. The van der Waals surface area contributed by atoms with Crippen molar-refractivity contribution in [2.75, 3.05) is 16.8 Å². The van der Waals surface area contributed by atoms with E-state index in [1.807, 2.05) is 24.3 Å². The van der Waals surface area contributed by atoms with Crippen LogP contribution in [0, 0.1) is 5.92 Å². The zero-order chi connectivity index (χ0) is 18.1. The normalized spacial score (nSPS) is 16.9. The van der Waals surface area contributed by atoms with Crippen LogP contribution in [0.5, 0.6) is 0 Å². The number of nitrogens with zero attached hydrogens (tertiary/aromatic N) is 3. The molecule has 1 atom stereocenters. The van der Waals surface area contributed by atoms with Gasteiger partial charge in [0.15, 0.2) is 10.8 Å². The van der Waals surface area contributed by atoms with Gasteiger partial charge in [0.25, 0.3) is 0 Å². The Morgan fingerprint density at radius 3 is 2.81 bits per heavy atom. The van der Waals surface area contributed by atoms with Gasteiger partial charge in [-0.25, -0.2) is 0 Å². The minimum Gasteiger partial charge on any atom is -0.462 e. The average molecular weight is 433 g/mol. The molecule has 1 unspecified atom stereocenters. The summed E-state index contributed by atoms with van der Waals surface area (Å²) in [6.45, 7) is 0.343. The maximum atomic E-state index is 12.5. The van der Waals surface area contributed by atoms with Crippen LogP contribution >= 0.6 is 27.3 Å². The highest BCUT2D eigenvalue weighted by Gasteiger charge is 2.35. The fraction of sp³-hybridized carbons (Fsp3) is 0.176. The second-order valence-corrected chi connectivity index (χ2v) is 7.65. The molecule has 3 heterocycles. The number of amides is 2.